The Hall–Kier alpha value is -2.95. The Morgan fingerprint density at radius 3 is 1.63 bits per heavy atom. The second-order valence-electron chi connectivity index (χ2n) is 6.65. The van der Waals surface area contributed by atoms with Gasteiger partial charge in [0.2, 0.25) is 0 Å². The van der Waals surface area contributed by atoms with Crippen LogP contribution in [0.1, 0.15) is 0 Å². The molecule has 0 aliphatic rings. The van der Waals surface area contributed by atoms with Crippen molar-refractivity contribution in [2.45, 2.75) is 0 Å². The number of anilines is 1. The van der Waals surface area contributed by atoms with Crippen LogP contribution in [-0.2, 0) is 33.2 Å². The largest absolute Gasteiger partial charge is 0.480 e. The first kappa shape index (κ1) is 30.1. The van der Waals surface area contributed by atoms with Crippen LogP contribution in [0.25, 0.3) is 0 Å². The van der Waals surface area contributed by atoms with Crippen molar-refractivity contribution in [1.82, 2.24) is 0 Å². The second kappa shape index (κ2) is 19.4. The van der Waals surface area contributed by atoms with Gasteiger partial charge in [0.1, 0.15) is 12.3 Å². The number of hydrogen-bond donors (Lipinski definition) is 2. The lowest BCUT2D eigenvalue weighted by Gasteiger charge is -2.09. The van der Waals surface area contributed by atoms with Crippen molar-refractivity contribution in [3.63, 3.8) is 0 Å². The second-order valence-corrected chi connectivity index (χ2v) is 6.65. The van der Waals surface area contributed by atoms with Crippen LogP contribution in [0.15, 0.2) is 18.2 Å². The van der Waals surface area contributed by atoms with E-state index in [4.69, 9.17) is 33.5 Å². The van der Waals surface area contributed by atoms with Crippen LogP contribution in [0, 0.1) is 20.2 Å². The van der Waals surface area contributed by atoms with Gasteiger partial charge in [0.05, 0.1) is 88.6 Å². The minimum Gasteiger partial charge on any atom is -0.480 e. The monoisotopic (exact) mass is 505 g/mol. The molecule has 15 heteroatoms. The summed E-state index contributed by atoms with van der Waals surface area (Å²) in [6.07, 6.45) is 0. The van der Waals surface area contributed by atoms with E-state index in [9.17, 15) is 25.0 Å². The van der Waals surface area contributed by atoms with E-state index in [2.05, 4.69) is 5.32 Å². The zero-order valence-corrected chi connectivity index (χ0v) is 19.3. The van der Waals surface area contributed by atoms with E-state index < -0.39 is 15.8 Å². The number of ether oxygens (including phenoxy) is 6. The molecule has 0 amide bonds. The summed E-state index contributed by atoms with van der Waals surface area (Å²) >= 11 is 0. The summed E-state index contributed by atoms with van der Waals surface area (Å²) in [5.74, 6) is -1.02. The summed E-state index contributed by atoms with van der Waals surface area (Å²) in [6.45, 7) is 3.76. The van der Waals surface area contributed by atoms with Crippen molar-refractivity contribution in [3.05, 3.63) is 38.4 Å². The number of hydrogen-bond acceptors (Lipinski definition) is 12. The highest BCUT2D eigenvalue weighted by atomic mass is 16.6. The first-order valence-corrected chi connectivity index (χ1v) is 10.8. The molecule has 0 spiro atoms. The molecular weight excluding hydrogens is 474 g/mol. The average Bonchev–Trinajstić information content (AvgIpc) is 2.82. The topological polar surface area (TPSA) is 191 Å². The molecule has 2 N–H and O–H groups in total. The third-order valence-corrected chi connectivity index (χ3v) is 4.04. The van der Waals surface area contributed by atoms with Crippen LogP contribution < -0.4 is 5.32 Å². The average molecular weight is 505 g/mol. The molecule has 0 saturated carbocycles. The van der Waals surface area contributed by atoms with E-state index >= 15 is 0 Å². The number of nitro benzene ring substituents is 2. The van der Waals surface area contributed by atoms with Crippen molar-refractivity contribution >= 4 is 23.0 Å². The zero-order valence-electron chi connectivity index (χ0n) is 19.3. The van der Waals surface area contributed by atoms with Gasteiger partial charge in [0.15, 0.2) is 0 Å². The molecule has 0 atom stereocenters. The number of rotatable bonds is 23. The summed E-state index contributed by atoms with van der Waals surface area (Å²) in [5, 5.41) is 33.0. The number of non-ortho nitro benzene ring substituents is 1. The van der Waals surface area contributed by atoms with Crippen LogP contribution in [0.2, 0.25) is 0 Å². The third-order valence-electron chi connectivity index (χ3n) is 4.04. The van der Waals surface area contributed by atoms with Gasteiger partial charge < -0.3 is 38.8 Å². The number of carboxylic acids is 1. The molecule has 0 radical (unpaired) electrons. The maximum atomic E-state index is 11.1. The van der Waals surface area contributed by atoms with E-state index in [1.54, 1.807) is 0 Å². The molecule has 15 nitrogen and oxygen atoms in total. The van der Waals surface area contributed by atoms with Gasteiger partial charge in [-0.15, -0.1) is 0 Å². The molecule has 198 valence electrons. The van der Waals surface area contributed by atoms with Crippen molar-refractivity contribution in [2.24, 2.45) is 0 Å². The molecule has 0 aromatic heterocycles. The summed E-state index contributed by atoms with van der Waals surface area (Å²) in [7, 11) is 0. The van der Waals surface area contributed by atoms with Crippen molar-refractivity contribution in [1.29, 1.82) is 0 Å². The lowest BCUT2D eigenvalue weighted by molar-refractivity contribution is -0.393. The number of nitrogens with zero attached hydrogens (tertiary/aromatic N) is 2. The molecule has 1 rings (SSSR count). The molecular formula is C20H31N3O12. The Kier molecular flexibility index (Phi) is 16.6. The molecule has 1 aromatic carbocycles. The van der Waals surface area contributed by atoms with E-state index in [-0.39, 0.29) is 43.4 Å². The molecule has 1 aromatic rings. The van der Waals surface area contributed by atoms with E-state index in [1.165, 1.54) is 12.1 Å². The van der Waals surface area contributed by atoms with Crippen molar-refractivity contribution in [3.8, 4) is 0 Å². The molecule has 35 heavy (non-hydrogen) atoms. The Morgan fingerprint density at radius 2 is 1.20 bits per heavy atom. The van der Waals surface area contributed by atoms with Gasteiger partial charge >= 0.3 is 5.97 Å². The van der Waals surface area contributed by atoms with Gasteiger partial charge in [0, 0.05) is 12.6 Å². The molecule has 0 saturated heterocycles. The van der Waals surface area contributed by atoms with Crippen molar-refractivity contribution in [2.75, 3.05) is 91.1 Å². The number of carbonyl (C=O) groups is 1. The SMILES string of the molecule is O=C(O)COCCOCCOCCOCCOCCOCCNc1ccc([N+](=O)[O-])cc1[N+](=O)[O-]. The van der Waals surface area contributed by atoms with Gasteiger partial charge in [0.25, 0.3) is 11.4 Å². The Bertz CT molecular complexity index is 765. The van der Waals surface area contributed by atoms with Gasteiger partial charge in [-0.1, -0.05) is 0 Å². The van der Waals surface area contributed by atoms with Crippen molar-refractivity contribution < 1.29 is 48.2 Å². The van der Waals surface area contributed by atoms with Gasteiger partial charge in [-0.25, -0.2) is 4.79 Å². The van der Waals surface area contributed by atoms with Crippen LogP contribution in [-0.4, -0.2) is 107 Å². The number of carboxylic acid groups (broad SMARTS) is 1. The van der Waals surface area contributed by atoms with Gasteiger partial charge in [-0.05, 0) is 6.07 Å². The Morgan fingerprint density at radius 1 is 0.743 bits per heavy atom. The molecule has 0 bridgehead atoms. The number of nitro groups is 2. The Balaban J connectivity index is 1.89. The lowest BCUT2D eigenvalue weighted by atomic mass is 10.2. The standard InChI is InChI=1S/C20H31N3O12/c24-20(25)16-35-14-13-34-12-11-33-10-9-32-8-7-31-6-5-30-4-3-21-18-2-1-17(22(26)27)15-19(18)23(28)29/h1-2,15,21H,3-14,16H2,(H,24,25). The quantitative estimate of drug-likeness (QED) is 0.122. The van der Waals surface area contributed by atoms with Crippen LogP contribution >= 0.6 is 0 Å². The predicted octanol–water partition coefficient (Wildman–Crippen LogP) is 1.10. The maximum absolute atomic E-state index is 11.1. The highest BCUT2D eigenvalue weighted by Gasteiger charge is 2.18. The molecule has 0 aliphatic heterocycles. The fraction of sp³-hybridized carbons (Fsp3) is 0.650. The normalized spacial score (nSPS) is 10.9. The Labute approximate surface area is 201 Å². The van der Waals surface area contributed by atoms with E-state index in [0.717, 1.165) is 6.07 Å². The summed E-state index contributed by atoms with van der Waals surface area (Å²) in [4.78, 5) is 30.7. The molecule has 0 aliphatic carbocycles. The maximum Gasteiger partial charge on any atom is 0.329 e. The first-order chi connectivity index (χ1) is 16.9. The zero-order chi connectivity index (χ0) is 25.7. The third kappa shape index (κ3) is 15.5. The number of nitrogens with one attached hydrogen (secondary N) is 1. The number of benzene rings is 1. The lowest BCUT2D eigenvalue weighted by Crippen LogP contribution is -2.15. The van der Waals surface area contributed by atoms with E-state index in [1.807, 2.05) is 0 Å². The van der Waals surface area contributed by atoms with Crippen LogP contribution in [0.3, 0.4) is 0 Å². The predicted molar refractivity (Wildman–Crippen MR) is 121 cm³/mol. The fourth-order valence-corrected chi connectivity index (χ4v) is 2.45. The van der Waals surface area contributed by atoms with Gasteiger partial charge in [-0.2, -0.15) is 0 Å². The smallest absolute Gasteiger partial charge is 0.329 e. The molecule has 0 unspecified atom stereocenters. The fourth-order valence-electron chi connectivity index (χ4n) is 2.45. The highest BCUT2D eigenvalue weighted by Crippen LogP contribution is 2.28. The van der Waals surface area contributed by atoms with Gasteiger partial charge in [-0.3, -0.25) is 20.2 Å². The summed E-state index contributed by atoms with van der Waals surface area (Å²) < 4.78 is 31.4. The van der Waals surface area contributed by atoms with Crippen LogP contribution in [0.4, 0.5) is 17.1 Å². The molecule has 0 fully saturated rings. The minimum absolute atomic E-state index is 0.177. The van der Waals surface area contributed by atoms with E-state index in [0.29, 0.717) is 59.5 Å². The summed E-state index contributed by atoms with van der Waals surface area (Å²) in [5.41, 5.74) is -0.547. The highest BCUT2D eigenvalue weighted by molar-refractivity contribution is 5.68. The molecule has 0 heterocycles. The number of aliphatic carboxylic acids is 1. The first-order valence-electron chi connectivity index (χ1n) is 10.8. The summed E-state index contributed by atoms with van der Waals surface area (Å²) in [6, 6.07) is 3.39. The minimum atomic E-state index is -1.02. The van der Waals surface area contributed by atoms with Crippen LogP contribution in [0.5, 0.6) is 0 Å².